The summed E-state index contributed by atoms with van der Waals surface area (Å²) in [5.41, 5.74) is 0.167. The van der Waals surface area contributed by atoms with Crippen LogP contribution in [0.15, 0.2) is 18.7 Å². The van der Waals surface area contributed by atoms with E-state index in [0.29, 0.717) is 0 Å². The van der Waals surface area contributed by atoms with Crippen molar-refractivity contribution in [1.29, 1.82) is 0 Å². The number of carbonyl (C=O) groups is 1. The molecule has 6 nitrogen and oxygen atoms in total. The molecule has 1 N–H and O–H groups in total. The van der Waals surface area contributed by atoms with E-state index < -0.39 is 5.97 Å². The molecule has 0 aliphatic heterocycles. The van der Waals surface area contributed by atoms with Crippen molar-refractivity contribution >= 4 is 11.6 Å². The molecule has 0 radical (unpaired) electrons. The number of hydrogen-bond donors (Lipinski definition) is 1. The third-order valence-corrected chi connectivity index (χ3v) is 1.40. The lowest BCUT2D eigenvalue weighted by Crippen LogP contribution is -2.04. The Balaban J connectivity index is 2.82. The first-order chi connectivity index (χ1) is 5.79. The molecule has 0 aliphatic carbocycles. The highest BCUT2D eigenvalue weighted by Gasteiger charge is 2.10. The van der Waals surface area contributed by atoms with Crippen LogP contribution in [0.25, 0.3) is 5.65 Å². The van der Waals surface area contributed by atoms with Gasteiger partial charge < -0.3 is 5.11 Å². The smallest absolute Gasteiger partial charge is 0.358 e. The van der Waals surface area contributed by atoms with Gasteiger partial charge in [-0.15, -0.1) is 0 Å². The largest absolute Gasteiger partial charge is 0.476 e. The van der Waals surface area contributed by atoms with E-state index in [0.717, 1.165) is 0 Å². The second kappa shape index (κ2) is 2.26. The zero-order chi connectivity index (χ0) is 8.55. The third-order valence-electron chi connectivity index (χ3n) is 1.40. The minimum Gasteiger partial charge on any atom is -0.476 e. The van der Waals surface area contributed by atoms with E-state index in [1.54, 1.807) is 0 Å². The average molecular weight is 164 g/mol. The molecule has 0 bridgehead atoms. The monoisotopic (exact) mass is 164 g/mol. The SMILES string of the molecule is O=C(O)c1nccn2ncnc12. The molecule has 2 rings (SSSR count). The van der Waals surface area contributed by atoms with Crippen LogP contribution in [0.4, 0.5) is 0 Å². The van der Waals surface area contributed by atoms with Crippen molar-refractivity contribution in [1.82, 2.24) is 19.6 Å². The number of aromatic nitrogens is 4. The van der Waals surface area contributed by atoms with E-state index in [4.69, 9.17) is 5.11 Å². The summed E-state index contributed by atoms with van der Waals surface area (Å²) in [6, 6.07) is 0. The van der Waals surface area contributed by atoms with E-state index in [-0.39, 0.29) is 11.3 Å². The Morgan fingerprint density at radius 2 is 2.33 bits per heavy atom. The van der Waals surface area contributed by atoms with Gasteiger partial charge in [0.1, 0.15) is 6.33 Å². The van der Waals surface area contributed by atoms with Crippen LogP contribution in [0.1, 0.15) is 10.5 Å². The Morgan fingerprint density at radius 3 is 3.08 bits per heavy atom. The van der Waals surface area contributed by atoms with Gasteiger partial charge in [-0.1, -0.05) is 0 Å². The molecule has 2 aromatic rings. The van der Waals surface area contributed by atoms with E-state index in [1.807, 2.05) is 0 Å². The molecule has 6 heteroatoms. The van der Waals surface area contributed by atoms with Gasteiger partial charge >= 0.3 is 5.97 Å². The maximum absolute atomic E-state index is 10.6. The fourth-order valence-electron chi connectivity index (χ4n) is 0.908. The van der Waals surface area contributed by atoms with Crippen LogP contribution in [0, 0.1) is 0 Å². The number of carboxylic acid groups (broad SMARTS) is 1. The van der Waals surface area contributed by atoms with Crippen LogP contribution < -0.4 is 0 Å². The summed E-state index contributed by atoms with van der Waals surface area (Å²) in [6.07, 6.45) is 4.18. The first-order valence-corrected chi connectivity index (χ1v) is 3.16. The summed E-state index contributed by atoms with van der Waals surface area (Å²) in [7, 11) is 0. The van der Waals surface area contributed by atoms with Crippen LogP contribution in [0.5, 0.6) is 0 Å². The van der Waals surface area contributed by atoms with Crippen molar-refractivity contribution in [2.75, 3.05) is 0 Å². The highest BCUT2D eigenvalue weighted by molar-refractivity contribution is 5.91. The van der Waals surface area contributed by atoms with Crippen LogP contribution in [0.2, 0.25) is 0 Å². The fraction of sp³-hybridized carbons (Fsp3) is 0. The molecule has 0 unspecified atom stereocenters. The van der Waals surface area contributed by atoms with Crippen LogP contribution in [-0.4, -0.2) is 30.7 Å². The average Bonchev–Trinajstić information content (AvgIpc) is 2.49. The number of nitrogens with zero attached hydrogens (tertiary/aromatic N) is 4. The van der Waals surface area contributed by atoms with Gasteiger partial charge in [0.25, 0.3) is 0 Å². The van der Waals surface area contributed by atoms with E-state index in [1.165, 1.54) is 23.2 Å². The van der Waals surface area contributed by atoms with Crippen molar-refractivity contribution < 1.29 is 9.90 Å². The van der Waals surface area contributed by atoms with Gasteiger partial charge in [0, 0.05) is 12.4 Å². The molecule has 60 valence electrons. The minimum absolute atomic E-state index is 0.0880. The van der Waals surface area contributed by atoms with E-state index >= 15 is 0 Å². The Hall–Kier alpha value is -1.98. The molecule has 0 aromatic carbocycles. The second-order valence-corrected chi connectivity index (χ2v) is 2.11. The zero-order valence-electron chi connectivity index (χ0n) is 5.88. The lowest BCUT2D eigenvalue weighted by molar-refractivity contribution is 0.0692. The van der Waals surface area contributed by atoms with E-state index in [2.05, 4.69) is 15.1 Å². The van der Waals surface area contributed by atoms with Crippen molar-refractivity contribution in [2.24, 2.45) is 0 Å². The normalized spacial score (nSPS) is 10.3. The van der Waals surface area contributed by atoms with Gasteiger partial charge in [0.05, 0.1) is 0 Å². The van der Waals surface area contributed by atoms with Crippen LogP contribution in [-0.2, 0) is 0 Å². The Morgan fingerprint density at radius 1 is 1.50 bits per heavy atom. The molecule has 0 amide bonds. The first kappa shape index (κ1) is 6.71. The highest BCUT2D eigenvalue weighted by atomic mass is 16.4. The number of fused-ring (bicyclic) bond motifs is 1. The summed E-state index contributed by atoms with van der Waals surface area (Å²) in [4.78, 5) is 18.0. The standard InChI is InChI=1S/C6H4N4O2/c11-6(12)4-5-8-3-9-10(5)2-1-7-4/h1-3H,(H,11,12). The molecular formula is C6H4N4O2. The molecular weight excluding hydrogens is 160 g/mol. The van der Waals surface area contributed by atoms with Gasteiger partial charge in [-0.2, -0.15) is 5.10 Å². The van der Waals surface area contributed by atoms with Crippen molar-refractivity contribution in [3.8, 4) is 0 Å². The maximum Gasteiger partial charge on any atom is 0.358 e. The number of carboxylic acids is 1. The minimum atomic E-state index is -1.10. The Kier molecular flexibility index (Phi) is 1.26. The van der Waals surface area contributed by atoms with Crippen molar-refractivity contribution in [3.05, 3.63) is 24.4 Å². The third kappa shape index (κ3) is 0.815. The Bertz CT molecular complexity index is 436. The van der Waals surface area contributed by atoms with Crippen LogP contribution >= 0.6 is 0 Å². The molecule has 0 atom stereocenters. The quantitative estimate of drug-likeness (QED) is 0.632. The topological polar surface area (TPSA) is 80.4 Å². The lowest BCUT2D eigenvalue weighted by Gasteiger charge is -1.93. The van der Waals surface area contributed by atoms with E-state index in [9.17, 15) is 4.79 Å². The molecule has 0 spiro atoms. The van der Waals surface area contributed by atoms with Gasteiger partial charge in [0.15, 0.2) is 11.3 Å². The fourth-order valence-corrected chi connectivity index (χ4v) is 0.908. The van der Waals surface area contributed by atoms with Gasteiger partial charge in [-0.25, -0.2) is 19.3 Å². The number of hydrogen-bond acceptors (Lipinski definition) is 4. The second-order valence-electron chi connectivity index (χ2n) is 2.11. The molecule has 12 heavy (non-hydrogen) atoms. The maximum atomic E-state index is 10.6. The van der Waals surface area contributed by atoms with Gasteiger partial charge in [-0.05, 0) is 0 Å². The van der Waals surface area contributed by atoms with Crippen molar-refractivity contribution in [3.63, 3.8) is 0 Å². The molecule has 0 saturated carbocycles. The van der Waals surface area contributed by atoms with Gasteiger partial charge in [0.2, 0.25) is 0 Å². The highest BCUT2D eigenvalue weighted by Crippen LogP contribution is 2.01. The molecule has 2 aromatic heterocycles. The summed E-state index contributed by atoms with van der Waals surface area (Å²) in [5.74, 6) is -1.10. The number of aromatic carboxylic acids is 1. The summed E-state index contributed by atoms with van der Waals surface area (Å²) in [6.45, 7) is 0. The predicted octanol–water partition coefficient (Wildman–Crippen LogP) is -0.178. The summed E-state index contributed by atoms with van der Waals surface area (Å²) < 4.78 is 1.36. The van der Waals surface area contributed by atoms with Crippen LogP contribution in [0.3, 0.4) is 0 Å². The van der Waals surface area contributed by atoms with Crippen molar-refractivity contribution in [2.45, 2.75) is 0 Å². The van der Waals surface area contributed by atoms with Gasteiger partial charge in [-0.3, -0.25) is 0 Å². The predicted molar refractivity (Wildman–Crippen MR) is 37.7 cm³/mol. The number of rotatable bonds is 1. The molecule has 0 saturated heterocycles. The first-order valence-electron chi connectivity index (χ1n) is 3.16. The molecule has 0 fully saturated rings. The molecule has 2 heterocycles. The summed E-state index contributed by atoms with van der Waals surface area (Å²) >= 11 is 0. The zero-order valence-corrected chi connectivity index (χ0v) is 5.88. The Labute approximate surface area is 66.5 Å². The lowest BCUT2D eigenvalue weighted by atomic mass is 10.4. The molecule has 0 aliphatic rings. The summed E-state index contributed by atoms with van der Waals surface area (Å²) in [5, 5.41) is 12.4.